The smallest absolute Gasteiger partial charge is 0.0138 e. The molecule has 1 aliphatic heterocycles. The summed E-state index contributed by atoms with van der Waals surface area (Å²) in [5, 5.41) is 0. The SMILES string of the molecule is CN(C)CCCN1CC[C@H]2c3ccccc3[C@H](c3ccccc3)[C@H]2C1.Cl.Cl.O. The van der Waals surface area contributed by atoms with Crippen molar-refractivity contribution in [2.45, 2.75) is 24.7 Å². The molecule has 5 heteroatoms. The molecule has 1 heterocycles. The lowest BCUT2D eigenvalue weighted by atomic mass is 9.79. The minimum atomic E-state index is 0. The molecule has 0 amide bonds. The van der Waals surface area contributed by atoms with E-state index in [-0.39, 0.29) is 30.3 Å². The van der Waals surface area contributed by atoms with Crippen LogP contribution in [0.1, 0.15) is 41.4 Å². The van der Waals surface area contributed by atoms with Gasteiger partial charge in [0.15, 0.2) is 0 Å². The van der Waals surface area contributed by atoms with E-state index in [4.69, 9.17) is 0 Å². The maximum Gasteiger partial charge on any atom is 0.0138 e. The predicted octanol–water partition coefficient (Wildman–Crippen LogP) is 4.21. The van der Waals surface area contributed by atoms with Crippen LogP contribution in [0.2, 0.25) is 0 Å². The lowest BCUT2D eigenvalue weighted by molar-refractivity contribution is 0.149. The van der Waals surface area contributed by atoms with Gasteiger partial charge in [0.2, 0.25) is 0 Å². The first-order valence-electron chi connectivity index (χ1n) is 9.75. The van der Waals surface area contributed by atoms with Crippen LogP contribution in [0.3, 0.4) is 0 Å². The van der Waals surface area contributed by atoms with Gasteiger partial charge in [-0.05, 0) is 75.1 Å². The third-order valence-electron chi connectivity index (χ3n) is 6.14. The second-order valence-electron chi connectivity index (χ2n) is 8.03. The summed E-state index contributed by atoms with van der Waals surface area (Å²) >= 11 is 0. The fourth-order valence-corrected chi connectivity index (χ4v) is 5.04. The van der Waals surface area contributed by atoms with Crippen molar-refractivity contribution in [1.29, 1.82) is 0 Å². The number of nitrogens with zero attached hydrogens (tertiary/aromatic N) is 2. The molecule has 4 rings (SSSR count). The zero-order chi connectivity index (χ0) is 17.2. The number of fused-ring (bicyclic) bond motifs is 3. The van der Waals surface area contributed by atoms with E-state index in [0.717, 1.165) is 11.8 Å². The summed E-state index contributed by atoms with van der Waals surface area (Å²) in [7, 11) is 4.34. The highest BCUT2D eigenvalue weighted by Gasteiger charge is 2.43. The Labute approximate surface area is 182 Å². The molecule has 1 fully saturated rings. The molecule has 0 aromatic heterocycles. The first-order chi connectivity index (χ1) is 12.2. The highest BCUT2D eigenvalue weighted by Crippen LogP contribution is 2.52. The molecule has 2 N–H and O–H groups in total. The fraction of sp³-hybridized carbons (Fsp3) is 0.478. The highest BCUT2D eigenvalue weighted by atomic mass is 35.5. The van der Waals surface area contributed by atoms with Crippen molar-refractivity contribution in [3.63, 3.8) is 0 Å². The first-order valence-corrected chi connectivity index (χ1v) is 9.75. The molecule has 2 aromatic carbocycles. The van der Waals surface area contributed by atoms with Crippen molar-refractivity contribution in [1.82, 2.24) is 9.80 Å². The number of likely N-dealkylation sites (tertiary alicyclic amines) is 1. The van der Waals surface area contributed by atoms with Crippen LogP contribution in [-0.2, 0) is 0 Å². The standard InChI is InChI=1S/C23H30N2.2ClH.H2O/c1-24(2)14-8-15-25-16-13-20-19-11-6-7-12-21(19)23(22(20)17-25)18-9-4-3-5-10-18;;;/h3-7,9-12,20,22-23H,8,13-17H2,1-2H3;2*1H;1H2/t20-,22-,23-;;;/m0.../s1. The Balaban J connectivity index is 0.00000131. The average molecular weight is 425 g/mol. The fourth-order valence-electron chi connectivity index (χ4n) is 5.04. The van der Waals surface area contributed by atoms with Gasteiger partial charge >= 0.3 is 0 Å². The van der Waals surface area contributed by atoms with E-state index < -0.39 is 0 Å². The number of rotatable bonds is 5. The van der Waals surface area contributed by atoms with Crippen LogP contribution in [0, 0.1) is 5.92 Å². The molecule has 156 valence electrons. The highest BCUT2D eigenvalue weighted by molar-refractivity contribution is 5.85. The second kappa shape index (κ2) is 11.2. The molecule has 3 nitrogen and oxygen atoms in total. The monoisotopic (exact) mass is 424 g/mol. The van der Waals surface area contributed by atoms with Crippen LogP contribution < -0.4 is 0 Å². The molecule has 0 unspecified atom stereocenters. The molecular weight excluding hydrogens is 391 g/mol. The van der Waals surface area contributed by atoms with Crippen molar-refractivity contribution in [3.8, 4) is 0 Å². The lowest BCUT2D eigenvalue weighted by Gasteiger charge is -2.38. The average Bonchev–Trinajstić information content (AvgIpc) is 2.96. The van der Waals surface area contributed by atoms with Gasteiger partial charge in [-0.3, -0.25) is 0 Å². The van der Waals surface area contributed by atoms with E-state index in [9.17, 15) is 0 Å². The molecule has 28 heavy (non-hydrogen) atoms. The van der Waals surface area contributed by atoms with Crippen molar-refractivity contribution in [2.75, 3.05) is 40.3 Å². The Hall–Kier alpha value is -1.10. The predicted molar refractivity (Wildman–Crippen MR) is 123 cm³/mol. The van der Waals surface area contributed by atoms with Crippen LogP contribution in [0.5, 0.6) is 0 Å². The Morgan fingerprint density at radius 2 is 1.57 bits per heavy atom. The molecule has 3 atom stereocenters. The van der Waals surface area contributed by atoms with Gasteiger partial charge in [-0.1, -0.05) is 54.6 Å². The number of hydrogen-bond donors (Lipinski definition) is 0. The van der Waals surface area contributed by atoms with Gasteiger partial charge in [-0.15, -0.1) is 24.8 Å². The van der Waals surface area contributed by atoms with Gasteiger partial charge in [-0.2, -0.15) is 0 Å². The Morgan fingerprint density at radius 3 is 2.25 bits per heavy atom. The zero-order valence-electron chi connectivity index (χ0n) is 16.9. The van der Waals surface area contributed by atoms with E-state index in [0.29, 0.717) is 5.92 Å². The van der Waals surface area contributed by atoms with Crippen molar-refractivity contribution in [3.05, 3.63) is 71.3 Å². The molecule has 2 aliphatic rings. The number of halogens is 2. The topological polar surface area (TPSA) is 38.0 Å². The van der Waals surface area contributed by atoms with Crippen LogP contribution in [-0.4, -0.2) is 55.6 Å². The van der Waals surface area contributed by atoms with Crippen molar-refractivity contribution in [2.24, 2.45) is 5.92 Å². The molecule has 0 saturated carbocycles. The molecule has 2 aromatic rings. The van der Waals surface area contributed by atoms with Crippen LogP contribution in [0.4, 0.5) is 0 Å². The quantitative estimate of drug-likeness (QED) is 0.720. The minimum Gasteiger partial charge on any atom is -0.412 e. The van der Waals surface area contributed by atoms with Gasteiger partial charge in [0, 0.05) is 12.5 Å². The number of benzene rings is 2. The maximum atomic E-state index is 2.71. The van der Waals surface area contributed by atoms with Crippen molar-refractivity contribution < 1.29 is 5.48 Å². The summed E-state index contributed by atoms with van der Waals surface area (Å²) in [5.74, 6) is 2.04. The van der Waals surface area contributed by atoms with Gasteiger partial charge in [0.25, 0.3) is 0 Å². The Morgan fingerprint density at radius 1 is 0.929 bits per heavy atom. The molecule has 0 spiro atoms. The van der Waals surface area contributed by atoms with Crippen LogP contribution in [0.15, 0.2) is 54.6 Å². The largest absolute Gasteiger partial charge is 0.412 e. The summed E-state index contributed by atoms with van der Waals surface area (Å²) < 4.78 is 0. The second-order valence-corrected chi connectivity index (χ2v) is 8.03. The zero-order valence-corrected chi connectivity index (χ0v) is 18.5. The Kier molecular flexibility index (Phi) is 9.96. The molecule has 1 aliphatic carbocycles. The van der Waals surface area contributed by atoms with Gasteiger partial charge < -0.3 is 15.3 Å². The maximum absolute atomic E-state index is 2.71. The summed E-state index contributed by atoms with van der Waals surface area (Å²) in [6.07, 6.45) is 2.58. The van der Waals surface area contributed by atoms with E-state index in [1.807, 2.05) is 0 Å². The third kappa shape index (κ3) is 5.08. The van der Waals surface area contributed by atoms with E-state index in [1.165, 1.54) is 44.6 Å². The molecule has 0 bridgehead atoms. The Bertz CT molecular complexity index is 711. The summed E-state index contributed by atoms with van der Waals surface area (Å²) in [6.45, 7) is 4.92. The lowest BCUT2D eigenvalue weighted by Crippen LogP contribution is -2.40. The third-order valence-corrected chi connectivity index (χ3v) is 6.14. The summed E-state index contributed by atoms with van der Waals surface area (Å²) in [6, 6.07) is 20.4. The van der Waals surface area contributed by atoms with E-state index in [1.54, 1.807) is 11.1 Å². The molecule has 0 radical (unpaired) electrons. The van der Waals surface area contributed by atoms with E-state index >= 15 is 0 Å². The number of hydrogen-bond acceptors (Lipinski definition) is 2. The summed E-state index contributed by atoms with van der Waals surface area (Å²) in [5.41, 5.74) is 4.70. The van der Waals surface area contributed by atoms with Gasteiger partial charge in [-0.25, -0.2) is 0 Å². The normalized spacial score (nSPS) is 23.0. The molecular formula is C23H34Cl2N2O. The van der Waals surface area contributed by atoms with Crippen LogP contribution in [0.25, 0.3) is 0 Å². The van der Waals surface area contributed by atoms with Crippen LogP contribution >= 0.6 is 24.8 Å². The number of piperidine rings is 1. The molecule has 1 saturated heterocycles. The minimum absolute atomic E-state index is 0. The van der Waals surface area contributed by atoms with Crippen molar-refractivity contribution >= 4 is 24.8 Å². The van der Waals surface area contributed by atoms with E-state index in [2.05, 4.69) is 78.5 Å². The van der Waals surface area contributed by atoms with Gasteiger partial charge in [0.05, 0.1) is 0 Å². The first kappa shape index (κ1) is 24.9. The summed E-state index contributed by atoms with van der Waals surface area (Å²) in [4.78, 5) is 5.01. The van der Waals surface area contributed by atoms with Gasteiger partial charge in [0.1, 0.15) is 0 Å².